The summed E-state index contributed by atoms with van der Waals surface area (Å²) in [6.45, 7) is 3.17. The molecule has 0 radical (unpaired) electrons. The molecule has 0 aromatic rings. The van der Waals surface area contributed by atoms with Gasteiger partial charge in [0.25, 0.3) is 0 Å². The lowest BCUT2D eigenvalue weighted by molar-refractivity contribution is -0.628. The Morgan fingerprint density at radius 3 is 2.13 bits per heavy atom. The van der Waals surface area contributed by atoms with Gasteiger partial charge in [-0.25, -0.2) is 4.79 Å². The highest BCUT2D eigenvalue weighted by molar-refractivity contribution is 5.67. The van der Waals surface area contributed by atoms with Crippen molar-refractivity contribution in [1.82, 2.24) is 0 Å². The Bertz CT molecular complexity index is 153. The molecule has 0 saturated heterocycles. The highest BCUT2D eigenvalue weighted by Gasteiger charge is 1.95. The molecule has 0 fully saturated rings. The summed E-state index contributed by atoms with van der Waals surface area (Å²) in [4.78, 5) is 10.0. The summed E-state index contributed by atoms with van der Waals surface area (Å²) in [5.41, 5.74) is 0. The van der Waals surface area contributed by atoms with Gasteiger partial charge in [0.1, 0.15) is 6.61 Å². The molecule has 0 amide bonds. The summed E-state index contributed by atoms with van der Waals surface area (Å²) in [6, 6.07) is 0. The number of carboxylic acids is 1. The average Bonchev–Trinajstić information content (AvgIpc) is 2.20. The summed E-state index contributed by atoms with van der Waals surface area (Å²) in [6.07, 6.45) is 0. The molecule has 6 nitrogen and oxygen atoms in total. The predicted octanol–water partition coefficient (Wildman–Crippen LogP) is -1.69. The Labute approximate surface area is 89.5 Å². The van der Waals surface area contributed by atoms with Crippen LogP contribution in [0.5, 0.6) is 0 Å². The number of quaternary nitrogens is 1. The van der Waals surface area contributed by atoms with Gasteiger partial charge in [0.05, 0.1) is 46.6 Å². The van der Waals surface area contributed by atoms with Gasteiger partial charge >= 0.3 is 5.97 Å². The van der Waals surface area contributed by atoms with E-state index in [0.29, 0.717) is 26.4 Å². The zero-order valence-electron chi connectivity index (χ0n) is 9.11. The molecule has 0 spiro atoms. The lowest BCUT2D eigenvalue weighted by Gasteiger charge is -2.04. The molecule has 6 heteroatoms. The molecular weight excluding hydrogens is 202 g/mol. The fraction of sp³-hybridized carbons (Fsp3) is 0.889. The summed E-state index contributed by atoms with van der Waals surface area (Å²) in [7, 11) is 1.99. The van der Waals surface area contributed by atoms with E-state index < -0.39 is 5.97 Å². The fourth-order valence-corrected chi connectivity index (χ4v) is 0.800. The van der Waals surface area contributed by atoms with E-state index in [1.54, 1.807) is 0 Å². The van der Waals surface area contributed by atoms with Crippen molar-refractivity contribution in [2.24, 2.45) is 0 Å². The van der Waals surface area contributed by atoms with Crippen LogP contribution in [-0.2, 0) is 19.0 Å². The molecule has 3 N–H and O–H groups in total. The van der Waals surface area contributed by atoms with Gasteiger partial charge in [0, 0.05) is 0 Å². The van der Waals surface area contributed by atoms with Crippen molar-refractivity contribution >= 4 is 5.97 Å². The van der Waals surface area contributed by atoms with Crippen molar-refractivity contribution < 1.29 is 29.4 Å². The highest BCUT2D eigenvalue weighted by atomic mass is 16.5. The van der Waals surface area contributed by atoms with Gasteiger partial charge in [-0.3, -0.25) is 0 Å². The molecular formula is C9H20NO5+. The smallest absolute Gasteiger partial charge is 0.329 e. The van der Waals surface area contributed by atoms with E-state index >= 15 is 0 Å². The first kappa shape index (κ1) is 14.3. The van der Waals surface area contributed by atoms with Crippen molar-refractivity contribution in [3.63, 3.8) is 0 Å². The molecule has 0 aromatic carbocycles. The van der Waals surface area contributed by atoms with Crippen LogP contribution >= 0.6 is 0 Å². The first-order valence-electron chi connectivity index (χ1n) is 5.00. The fourth-order valence-electron chi connectivity index (χ4n) is 0.800. The second-order valence-corrected chi connectivity index (χ2v) is 2.87. The second kappa shape index (κ2) is 11.4. The minimum Gasteiger partial charge on any atom is -0.480 e. The van der Waals surface area contributed by atoms with Gasteiger partial charge in [-0.2, -0.15) is 0 Å². The summed E-state index contributed by atoms with van der Waals surface area (Å²) in [5, 5.41) is 10.3. The summed E-state index contributed by atoms with van der Waals surface area (Å²) in [5.74, 6) is -0.964. The van der Waals surface area contributed by atoms with E-state index in [2.05, 4.69) is 0 Å². The number of rotatable bonds is 11. The van der Waals surface area contributed by atoms with E-state index in [9.17, 15) is 4.79 Å². The normalized spacial score (nSPS) is 10.5. The lowest BCUT2D eigenvalue weighted by Crippen LogP contribution is -2.80. The standard InChI is InChI=1S/C9H19NO5/c1-10-2-3-13-4-5-14-6-7-15-8-9(11)12/h10H,2-8H2,1H3,(H,11,12)/p+1. The van der Waals surface area contributed by atoms with E-state index in [1.165, 1.54) is 0 Å². The van der Waals surface area contributed by atoms with Crippen LogP contribution in [0.2, 0.25) is 0 Å². The highest BCUT2D eigenvalue weighted by Crippen LogP contribution is 1.80. The van der Waals surface area contributed by atoms with Crippen LogP contribution in [0.15, 0.2) is 0 Å². The Hall–Kier alpha value is -0.690. The number of ether oxygens (including phenoxy) is 3. The quantitative estimate of drug-likeness (QED) is 0.408. The van der Waals surface area contributed by atoms with Crippen LogP contribution < -0.4 is 5.32 Å². The van der Waals surface area contributed by atoms with Crippen molar-refractivity contribution in [1.29, 1.82) is 0 Å². The Balaban J connectivity index is 2.89. The van der Waals surface area contributed by atoms with Crippen LogP contribution in [0.25, 0.3) is 0 Å². The summed E-state index contributed by atoms with van der Waals surface area (Å²) < 4.78 is 15.1. The maximum absolute atomic E-state index is 10.0. The maximum Gasteiger partial charge on any atom is 0.329 e. The van der Waals surface area contributed by atoms with Crippen molar-refractivity contribution in [2.75, 3.05) is 53.2 Å². The third-order valence-electron chi connectivity index (χ3n) is 1.52. The van der Waals surface area contributed by atoms with Crippen molar-refractivity contribution in [3.05, 3.63) is 0 Å². The molecule has 0 saturated carbocycles. The Morgan fingerprint density at radius 1 is 1.07 bits per heavy atom. The predicted molar refractivity (Wildman–Crippen MR) is 52.8 cm³/mol. The maximum atomic E-state index is 10.0. The topological polar surface area (TPSA) is 81.6 Å². The molecule has 15 heavy (non-hydrogen) atoms. The molecule has 0 aliphatic rings. The largest absolute Gasteiger partial charge is 0.480 e. The molecule has 0 bridgehead atoms. The average molecular weight is 222 g/mol. The monoisotopic (exact) mass is 222 g/mol. The number of aliphatic carboxylic acids is 1. The molecule has 90 valence electrons. The van der Waals surface area contributed by atoms with Crippen LogP contribution in [-0.4, -0.2) is 64.3 Å². The van der Waals surface area contributed by atoms with Crippen LogP contribution in [0.1, 0.15) is 0 Å². The second-order valence-electron chi connectivity index (χ2n) is 2.87. The third-order valence-corrected chi connectivity index (χ3v) is 1.52. The minimum atomic E-state index is -0.964. The molecule has 0 aromatic heterocycles. The third kappa shape index (κ3) is 13.3. The van der Waals surface area contributed by atoms with Crippen LogP contribution in [0.4, 0.5) is 0 Å². The number of carboxylic acid groups (broad SMARTS) is 1. The lowest BCUT2D eigenvalue weighted by atomic mass is 10.6. The van der Waals surface area contributed by atoms with Gasteiger partial charge in [0.15, 0.2) is 0 Å². The number of likely N-dealkylation sites (N-methyl/N-ethyl adjacent to an activating group) is 1. The van der Waals surface area contributed by atoms with Crippen molar-refractivity contribution in [3.8, 4) is 0 Å². The van der Waals surface area contributed by atoms with Crippen LogP contribution in [0.3, 0.4) is 0 Å². The zero-order valence-corrected chi connectivity index (χ0v) is 9.11. The van der Waals surface area contributed by atoms with Gasteiger partial charge in [-0.15, -0.1) is 0 Å². The number of hydrogen-bond acceptors (Lipinski definition) is 4. The Kier molecular flexibility index (Phi) is 10.9. The molecule has 0 aliphatic carbocycles. The molecule has 0 aliphatic heterocycles. The molecule has 0 rings (SSSR count). The molecule has 0 atom stereocenters. The van der Waals surface area contributed by atoms with Gasteiger partial charge < -0.3 is 24.6 Å². The zero-order chi connectivity index (χ0) is 11.4. The number of hydrogen-bond donors (Lipinski definition) is 2. The van der Waals surface area contributed by atoms with E-state index in [4.69, 9.17) is 19.3 Å². The van der Waals surface area contributed by atoms with Gasteiger partial charge in [-0.05, 0) is 0 Å². The molecule has 0 unspecified atom stereocenters. The van der Waals surface area contributed by atoms with E-state index in [-0.39, 0.29) is 6.61 Å². The van der Waals surface area contributed by atoms with Gasteiger partial charge in [0.2, 0.25) is 0 Å². The first-order valence-corrected chi connectivity index (χ1v) is 5.00. The van der Waals surface area contributed by atoms with E-state index in [0.717, 1.165) is 13.2 Å². The number of nitrogens with two attached hydrogens (primary N) is 1. The molecule has 0 heterocycles. The Morgan fingerprint density at radius 2 is 1.60 bits per heavy atom. The van der Waals surface area contributed by atoms with Crippen molar-refractivity contribution in [2.45, 2.75) is 0 Å². The summed E-state index contributed by atoms with van der Waals surface area (Å²) >= 11 is 0. The van der Waals surface area contributed by atoms with E-state index in [1.807, 2.05) is 12.4 Å². The number of carbonyl (C=O) groups is 1. The minimum absolute atomic E-state index is 0.272. The SMILES string of the molecule is C[NH2+]CCOCCOCCOCC(=O)O. The van der Waals surface area contributed by atoms with Crippen LogP contribution in [0, 0.1) is 0 Å². The van der Waals surface area contributed by atoms with Gasteiger partial charge in [-0.1, -0.05) is 0 Å². The first-order chi connectivity index (χ1) is 7.27.